The number of carbonyl (C=O) groups is 1. The van der Waals surface area contributed by atoms with Crippen LogP contribution in [0.2, 0.25) is 0 Å². The van der Waals surface area contributed by atoms with E-state index in [0.717, 1.165) is 11.1 Å². The van der Waals surface area contributed by atoms with Gasteiger partial charge in [0.1, 0.15) is 11.6 Å². The third kappa shape index (κ3) is 3.93. The zero-order valence-electron chi connectivity index (χ0n) is 18.2. The number of hydrogen-bond acceptors (Lipinski definition) is 6. The standard InChI is InChI=1S/C23H29N5O2/c1-13(2)22(25)21(14(3)24)19-7-6-8-20(27-19)28-12-18-15(11-26-4)9-16(30-5)10-17(18)23(28)29/h6-10,13,25-26H,11-12,24H2,1-5H3/b21-14-,25-22?. The highest BCUT2D eigenvalue weighted by molar-refractivity contribution is 6.23. The number of allylic oxidation sites excluding steroid dienone is 2. The SMILES string of the molecule is CNCc1cc(OC)cc2c1CN(c1cccc(/C(C(=N)C(C)C)=C(\C)N)n1)C2=O. The maximum atomic E-state index is 13.2. The van der Waals surface area contributed by atoms with Crippen molar-refractivity contribution in [3.05, 3.63) is 58.4 Å². The minimum Gasteiger partial charge on any atom is -0.497 e. The number of carbonyl (C=O) groups excluding carboxylic acids is 1. The van der Waals surface area contributed by atoms with E-state index in [9.17, 15) is 4.79 Å². The van der Waals surface area contributed by atoms with Crippen LogP contribution in [0.5, 0.6) is 5.75 Å². The number of nitrogens with one attached hydrogen (secondary N) is 2. The van der Waals surface area contributed by atoms with Gasteiger partial charge in [0.05, 0.1) is 19.3 Å². The van der Waals surface area contributed by atoms with Crippen LogP contribution in [0.4, 0.5) is 5.82 Å². The molecule has 0 fully saturated rings. The average Bonchev–Trinajstić information content (AvgIpc) is 3.05. The predicted octanol–water partition coefficient (Wildman–Crippen LogP) is 3.34. The first kappa shape index (κ1) is 21.5. The van der Waals surface area contributed by atoms with Gasteiger partial charge in [-0.15, -0.1) is 0 Å². The normalized spacial score (nSPS) is 14.1. The molecule has 1 aromatic carbocycles. The van der Waals surface area contributed by atoms with Crippen molar-refractivity contribution in [2.24, 2.45) is 11.7 Å². The molecular weight excluding hydrogens is 378 g/mol. The predicted molar refractivity (Wildman–Crippen MR) is 120 cm³/mol. The summed E-state index contributed by atoms with van der Waals surface area (Å²) in [7, 11) is 3.47. The lowest BCUT2D eigenvalue weighted by atomic mass is 9.95. The van der Waals surface area contributed by atoms with Crippen molar-refractivity contribution in [2.75, 3.05) is 19.1 Å². The number of methoxy groups -OCH3 is 1. The van der Waals surface area contributed by atoms with Gasteiger partial charge in [-0.25, -0.2) is 4.98 Å². The molecule has 2 heterocycles. The molecule has 0 radical (unpaired) electrons. The molecule has 1 aliphatic heterocycles. The van der Waals surface area contributed by atoms with E-state index in [-0.39, 0.29) is 11.8 Å². The first-order valence-electron chi connectivity index (χ1n) is 9.97. The highest BCUT2D eigenvalue weighted by atomic mass is 16.5. The summed E-state index contributed by atoms with van der Waals surface area (Å²) in [6, 6.07) is 9.22. The fraction of sp³-hybridized carbons (Fsp3) is 0.348. The smallest absolute Gasteiger partial charge is 0.260 e. The Kier molecular flexibility index (Phi) is 6.22. The van der Waals surface area contributed by atoms with Gasteiger partial charge in [0, 0.05) is 29.1 Å². The van der Waals surface area contributed by atoms with E-state index >= 15 is 0 Å². The molecule has 3 rings (SSSR count). The Morgan fingerprint density at radius 1 is 1.37 bits per heavy atom. The highest BCUT2D eigenvalue weighted by Crippen LogP contribution is 2.33. The van der Waals surface area contributed by atoms with E-state index in [1.54, 1.807) is 25.0 Å². The number of fused-ring (bicyclic) bond motifs is 1. The number of pyridine rings is 1. The molecule has 158 valence electrons. The lowest BCUT2D eigenvalue weighted by molar-refractivity contribution is 0.0995. The van der Waals surface area contributed by atoms with Crippen LogP contribution in [0.1, 0.15) is 48.0 Å². The summed E-state index contributed by atoms with van der Waals surface area (Å²) in [6.07, 6.45) is 0. The molecule has 7 heteroatoms. The van der Waals surface area contributed by atoms with Crippen LogP contribution in [-0.4, -0.2) is 30.8 Å². The molecule has 0 unspecified atom stereocenters. The van der Waals surface area contributed by atoms with Crippen LogP contribution < -0.4 is 20.7 Å². The quantitative estimate of drug-likeness (QED) is 0.611. The van der Waals surface area contributed by atoms with E-state index in [1.165, 1.54) is 0 Å². The third-order valence-electron chi connectivity index (χ3n) is 5.22. The van der Waals surface area contributed by atoms with Crippen molar-refractivity contribution in [3.8, 4) is 5.75 Å². The Hall–Kier alpha value is -3.19. The van der Waals surface area contributed by atoms with Crippen molar-refractivity contribution < 1.29 is 9.53 Å². The second kappa shape index (κ2) is 8.67. The Labute approximate surface area is 177 Å². The summed E-state index contributed by atoms with van der Waals surface area (Å²) < 4.78 is 5.38. The number of nitrogens with zero attached hydrogens (tertiary/aromatic N) is 2. The van der Waals surface area contributed by atoms with Crippen LogP contribution in [0.3, 0.4) is 0 Å². The molecule has 1 aliphatic rings. The summed E-state index contributed by atoms with van der Waals surface area (Å²) in [6.45, 7) is 6.75. The highest BCUT2D eigenvalue weighted by Gasteiger charge is 2.32. The van der Waals surface area contributed by atoms with E-state index in [0.29, 0.717) is 52.9 Å². The second-order valence-electron chi connectivity index (χ2n) is 7.74. The maximum absolute atomic E-state index is 13.2. The Morgan fingerprint density at radius 3 is 2.70 bits per heavy atom. The summed E-state index contributed by atoms with van der Waals surface area (Å²) in [4.78, 5) is 19.6. The molecule has 1 amide bonds. The van der Waals surface area contributed by atoms with Crippen LogP contribution >= 0.6 is 0 Å². The fourth-order valence-electron chi connectivity index (χ4n) is 3.66. The minimum absolute atomic E-state index is 0.0122. The van der Waals surface area contributed by atoms with Crippen molar-refractivity contribution in [2.45, 2.75) is 33.9 Å². The molecule has 0 spiro atoms. The zero-order chi connectivity index (χ0) is 22.0. The number of anilines is 1. The minimum atomic E-state index is -0.111. The zero-order valence-corrected chi connectivity index (χ0v) is 18.2. The van der Waals surface area contributed by atoms with Gasteiger partial charge < -0.3 is 21.2 Å². The number of aromatic nitrogens is 1. The third-order valence-corrected chi connectivity index (χ3v) is 5.22. The van der Waals surface area contributed by atoms with Gasteiger partial charge in [-0.2, -0.15) is 0 Å². The Morgan fingerprint density at radius 2 is 2.10 bits per heavy atom. The van der Waals surface area contributed by atoms with Gasteiger partial charge in [-0.3, -0.25) is 9.69 Å². The van der Waals surface area contributed by atoms with Gasteiger partial charge in [0.2, 0.25) is 0 Å². The number of rotatable bonds is 7. The summed E-state index contributed by atoms with van der Waals surface area (Å²) in [5.41, 5.74) is 10.9. The number of amides is 1. The van der Waals surface area contributed by atoms with E-state index in [1.807, 2.05) is 45.2 Å². The first-order valence-corrected chi connectivity index (χ1v) is 9.97. The van der Waals surface area contributed by atoms with Gasteiger partial charge in [0.25, 0.3) is 5.91 Å². The fourth-order valence-corrected chi connectivity index (χ4v) is 3.66. The monoisotopic (exact) mass is 407 g/mol. The van der Waals surface area contributed by atoms with Crippen molar-refractivity contribution in [1.82, 2.24) is 10.3 Å². The van der Waals surface area contributed by atoms with Crippen molar-refractivity contribution in [1.29, 1.82) is 5.41 Å². The summed E-state index contributed by atoms with van der Waals surface area (Å²) >= 11 is 0. The van der Waals surface area contributed by atoms with E-state index in [4.69, 9.17) is 20.9 Å². The molecule has 0 aliphatic carbocycles. The molecule has 0 saturated carbocycles. The van der Waals surface area contributed by atoms with E-state index < -0.39 is 0 Å². The molecule has 2 aromatic rings. The molecular formula is C23H29N5O2. The van der Waals surface area contributed by atoms with Crippen LogP contribution in [0.15, 0.2) is 36.0 Å². The molecule has 30 heavy (non-hydrogen) atoms. The maximum Gasteiger partial charge on any atom is 0.260 e. The lowest BCUT2D eigenvalue weighted by Crippen LogP contribution is -2.24. The van der Waals surface area contributed by atoms with Crippen molar-refractivity contribution >= 4 is 23.0 Å². The molecule has 1 aromatic heterocycles. The van der Waals surface area contributed by atoms with Gasteiger partial charge >= 0.3 is 0 Å². The molecule has 4 N–H and O–H groups in total. The van der Waals surface area contributed by atoms with Gasteiger partial charge in [-0.05, 0) is 55.3 Å². The topological polar surface area (TPSA) is 104 Å². The van der Waals surface area contributed by atoms with Crippen molar-refractivity contribution in [3.63, 3.8) is 0 Å². The van der Waals surface area contributed by atoms with Gasteiger partial charge in [0.15, 0.2) is 0 Å². The summed E-state index contributed by atoms with van der Waals surface area (Å²) in [5.74, 6) is 1.10. The lowest BCUT2D eigenvalue weighted by Gasteiger charge is -2.18. The first-order chi connectivity index (χ1) is 14.3. The van der Waals surface area contributed by atoms with E-state index in [2.05, 4.69) is 5.32 Å². The number of nitrogens with two attached hydrogens (primary N) is 1. The van der Waals surface area contributed by atoms with Crippen LogP contribution in [-0.2, 0) is 13.1 Å². The van der Waals surface area contributed by atoms with Crippen LogP contribution in [0.25, 0.3) is 5.57 Å². The Bertz CT molecular complexity index is 1020. The average molecular weight is 408 g/mol. The number of hydrogen-bond donors (Lipinski definition) is 3. The molecule has 0 bridgehead atoms. The van der Waals surface area contributed by atoms with Crippen LogP contribution in [0, 0.1) is 11.3 Å². The second-order valence-corrected chi connectivity index (χ2v) is 7.74. The Balaban J connectivity index is 2.03. The summed E-state index contributed by atoms with van der Waals surface area (Å²) in [5, 5.41) is 11.6. The molecule has 0 atom stereocenters. The number of ether oxygens (including phenoxy) is 1. The molecule has 0 saturated heterocycles. The number of benzene rings is 1. The molecule has 7 nitrogen and oxygen atoms in total. The van der Waals surface area contributed by atoms with Gasteiger partial charge in [-0.1, -0.05) is 19.9 Å². The largest absolute Gasteiger partial charge is 0.497 e.